The molecule has 0 aliphatic carbocycles. The van der Waals surface area contributed by atoms with Crippen molar-refractivity contribution in [1.29, 1.82) is 0 Å². The number of thiophene rings is 1. The summed E-state index contributed by atoms with van der Waals surface area (Å²) in [5.74, 6) is 0.129. The highest BCUT2D eigenvalue weighted by molar-refractivity contribution is 7.08. The predicted octanol–water partition coefficient (Wildman–Crippen LogP) is 3.21. The van der Waals surface area contributed by atoms with Crippen LogP contribution in [0.4, 0.5) is 0 Å². The van der Waals surface area contributed by atoms with Crippen molar-refractivity contribution in [2.24, 2.45) is 0 Å². The van der Waals surface area contributed by atoms with E-state index in [1.54, 1.807) is 11.3 Å². The predicted molar refractivity (Wildman–Crippen MR) is 67.7 cm³/mol. The van der Waals surface area contributed by atoms with Gasteiger partial charge >= 0.3 is 5.97 Å². The standard InChI is InChI=1S/C13H18O3S/c1-13(2,3)16-12(14)11-8-17-7-10(11)9-4-5-15-6-9/h7-9H,4-6H2,1-3H3. The van der Waals surface area contributed by atoms with Crippen LogP contribution in [0.15, 0.2) is 10.8 Å². The van der Waals surface area contributed by atoms with E-state index in [1.807, 2.05) is 31.5 Å². The minimum absolute atomic E-state index is 0.222. The van der Waals surface area contributed by atoms with E-state index in [4.69, 9.17) is 9.47 Å². The van der Waals surface area contributed by atoms with Crippen molar-refractivity contribution < 1.29 is 14.3 Å². The molecule has 0 spiro atoms. The Balaban J connectivity index is 2.15. The molecule has 17 heavy (non-hydrogen) atoms. The van der Waals surface area contributed by atoms with Gasteiger partial charge in [0.2, 0.25) is 0 Å². The second-order valence-electron chi connectivity index (χ2n) is 5.30. The summed E-state index contributed by atoms with van der Waals surface area (Å²) in [5.41, 5.74) is 1.35. The molecule has 0 aromatic carbocycles. The highest BCUT2D eigenvalue weighted by atomic mass is 32.1. The molecule has 1 saturated heterocycles. The summed E-state index contributed by atoms with van der Waals surface area (Å²) < 4.78 is 10.8. The number of ether oxygens (including phenoxy) is 2. The van der Waals surface area contributed by atoms with Crippen molar-refractivity contribution in [2.75, 3.05) is 13.2 Å². The van der Waals surface area contributed by atoms with Gasteiger partial charge in [0.15, 0.2) is 0 Å². The lowest BCUT2D eigenvalue weighted by atomic mass is 9.97. The monoisotopic (exact) mass is 254 g/mol. The van der Waals surface area contributed by atoms with Crippen LogP contribution in [0, 0.1) is 0 Å². The van der Waals surface area contributed by atoms with E-state index in [1.165, 1.54) is 0 Å². The van der Waals surface area contributed by atoms with E-state index in [0.717, 1.165) is 18.6 Å². The highest BCUT2D eigenvalue weighted by Crippen LogP contribution is 2.31. The van der Waals surface area contributed by atoms with Gasteiger partial charge in [0.05, 0.1) is 12.2 Å². The smallest absolute Gasteiger partial charge is 0.339 e. The third kappa shape index (κ3) is 3.07. The summed E-state index contributed by atoms with van der Waals surface area (Å²) in [4.78, 5) is 12.0. The number of rotatable bonds is 2. The maximum Gasteiger partial charge on any atom is 0.339 e. The molecule has 1 aromatic heterocycles. The van der Waals surface area contributed by atoms with Crippen molar-refractivity contribution in [3.63, 3.8) is 0 Å². The van der Waals surface area contributed by atoms with Crippen LogP contribution < -0.4 is 0 Å². The van der Waals surface area contributed by atoms with Crippen LogP contribution in [-0.2, 0) is 9.47 Å². The van der Waals surface area contributed by atoms with Gasteiger partial charge in [-0.05, 0) is 38.1 Å². The van der Waals surface area contributed by atoms with E-state index in [9.17, 15) is 4.79 Å². The van der Waals surface area contributed by atoms with Crippen molar-refractivity contribution in [3.05, 3.63) is 21.9 Å². The molecule has 0 N–H and O–H groups in total. The minimum Gasteiger partial charge on any atom is -0.456 e. The van der Waals surface area contributed by atoms with Crippen LogP contribution in [0.5, 0.6) is 0 Å². The van der Waals surface area contributed by atoms with Gasteiger partial charge in [-0.3, -0.25) is 0 Å². The molecule has 3 nitrogen and oxygen atoms in total. The van der Waals surface area contributed by atoms with Crippen LogP contribution in [0.1, 0.15) is 49.0 Å². The average molecular weight is 254 g/mol. The number of carbonyl (C=O) groups excluding carboxylic acids is 1. The van der Waals surface area contributed by atoms with Gasteiger partial charge in [-0.25, -0.2) is 4.79 Å². The molecule has 2 heterocycles. The number of hydrogen-bond acceptors (Lipinski definition) is 4. The molecule has 1 atom stereocenters. The van der Waals surface area contributed by atoms with E-state index in [2.05, 4.69) is 0 Å². The normalized spacial score (nSPS) is 20.5. The van der Waals surface area contributed by atoms with E-state index in [-0.39, 0.29) is 5.97 Å². The molecule has 0 amide bonds. The van der Waals surface area contributed by atoms with Crippen LogP contribution in [0.3, 0.4) is 0 Å². The molecular weight excluding hydrogens is 236 g/mol. The van der Waals surface area contributed by atoms with Gasteiger partial charge in [-0.1, -0.05) is 0 Å². The first-order valence-corrected chi connectivity index (χ1v) is 6.79. The Morgan fingerprint density at radius 1 is 1.47 bits per heavy atom. The van der Waals surface area contributed by atoms with E-state index < -0.39 is 5.60 Å². The summed E-state index contributed by atoms with van der Waals surface area (Å²) in [6.45, 7) is 7.15. The van der Waals surface area contributed by atoms with Crippen LogP contribution >= 0.6 is 11.3 Å². The number of esters is 1. The van der Waals surface area contributed by atoms with Gasteiger partial charge in [-0.15, -0.1) is 0 Å². The van der Waals surface area contributed by atoms with E-state index in [0.29, 0.717) is 18.1 Å². The van der Waals surface area contributed by atoms with Crippen LogP contribution in [-0.4, -0.2) is 24.8 Å². The maximum absolute atomic E-state index is 12.0. The fourth-order valence-electron chi connectivity index (χ4n) is 1.90. The molecule has 1 aliphatic rings. The second-order valence-corrected chi connectivity index (χ2v) is 6.05. The lowest BCUT2D eigenvalue weighted by Crippen LogP contribution is -2.24. The molecule has 1 aromatic rings. The summed E-state index contributed by atoms with van der Waals surface area (Å²) in [6, 6.07) is 0. The van der Waals surface area contributed by atoms with Crippen molar-refractivity contribution >= 4 is 17.3 Å². The first-order chi connectivity index (χ1) is 7.97. The Kier molecular flexibility index (Phi) is 3.54. The molecule has 1 aliphatic heterocycles. The van der Waals surface area contributed by atoms with Gasteiger partial charge in [0, 0.05) is 17.9 Å². The van der Waals surface area contributed by atoms with Crippen molar-refractivity contribution in [2.45, 2.75) is 38.7 Å². The third-order valence-electron chi connectivity index (χ3n) is 2.68. The molecule has 0 radical (unpaired) electrons. The first-order valence-electron chi connectivity index (χ1n) is 5.84. The fraction of sp³-hybridized carbons (Fsp3) is 0.615. The molecule has 4 heteroatoms. The van der Waals surface area contributed by atoms with Crippen molar-refractivity contribution in [3.8, 4) is 0 Å². The summed E-state index contributed by atoms with van der Waals surface area (Å²) >= 11 is 1.55. The second kappa shape index (κ2) is 4.78. The van der Waals surface area contributed by atoms with Crippen LogP contribution in [0.2, 0.25) is 0 Å². The molecular formula is C13H18O3S. The largest absolute Gasteiger partial charge is 0.456 e. The zero-order valence-electron chi connectivity index (χ0n) is 10.5. The molecule has 1 unspecified atom stereocenters. The molecule has 2 rings (SSSR count). The topological polar surface area (TPSA) is 35.5 Å². The molecule has 0 bridgehead atoms. The van der Waals surface area contributed by atoms with Gasteiger partial charge in [0.1, 0.15) is 5.60 Å². The maximum atomic E-state index is 12.0. The third-order valence-corrected chi connectivity index (χ3v) is 3.44. The zero-order valence-corrected chi connectivity index (χ0v) is 11.3. The summed E-state index contributed by atoms with van der Waals surface area (Å²) in [6.07, 6.45) is 0.993. The van der Waals surface area contributed by atoms with Crippen molar-refractivity contribution in [1.82, 2.24) is 0 Å². The number of carbonyl (C=O) groups is 1. The summed E-state index contributed by atoms with van der Waals surface area (Å²) in [5, 5.41) is 3.92. The summed E-state index contributed by atoms with van der Waals surface area (Å²) in [7, 11) is 0. The minimum atomic E-state index is -0.442. The van der Waals surface area contributed by atoms with Gasteiger partial charge in [0.25, 0.3) is 0 Å². The Morgan fingerprint density at radius 3 is 2.82 bits per heavy atom. The van der Waals surface area contributed by atoms with Crippen LogP contribution in [0.25, 0.3) is 0 Å². The molecule has 1 fully saturated rings. The van der Waals surface area contributed by atoms with E-state index >= 15 is 0 Å². The lowest BCUT2D eigenvalue weighted by molar-refractivity contribution is 0.00685. The zero-order chi connectivity index (χ0) is 12.5. The Labute approximate surface area is 106 Å². The Bertz CT molecular complexity index is 397. The SMILES string of the molecule is CC(C)(C)OC(=O)c1cscc1C1CCOC1. The quantitative estimate of drug-likeness (QED) is 0.760. The number of hydrogen-bond donors (Lipinski definition) is 0. The molecule has 94 valence electrons. The average Bonchev–Trinajstić information content (AvgIpc) is 2.85. The Morgan fingerprint density at radius 2 is 2.24 bits per heavy atom. The van der Waals surface area contributed by atoms with Gasteiger partial charge < -0.3 is 9.47 Å². The molecule has 0 saturated carbocycles. The fourth-order valence-corrected chi connectivity index (χ4v) is 2.80. The first kappa shape index (κ1) is 12.6. The lowest BCUT2D eigenvalue weighted by Gasteiger charge is -2.20. The highest BCUT2D eigenvalue weighted by Gasteiger charge is 2.26. The Hall–Kier alpha value is -0.870. The van der Waals surface area contributed by atoms with Gasteiger partial charge in [-0.2, -0.15) is 11.3 Å².